The molecule has 9 heteroatoms. The van der Waals surface area contributed by atoms with Crippen molar-refractivity contribution in [2.45, 2.75) is 57.5 Å². The summed E-state index contributed by atoms with van der Waals surface area (Å²) in [7, 11) is -3.97. The average Bonchev–Trinajstić information content (AvgIpc) is 3.20. The first-order valence-corrected chi connectivity index (χ1v) is 12.6. The monoisotopic (exact) mass is 475 g/mol. The first-order chi connectivity index (χ1) is 15.6. The van der Waals surface area contributed by atoms with Gasteiger partial charge >= 0.3 is 0 Å². The maximum atomic E-state index is 13.1. The van der Waals surface area contributed by atoms with Gasteiger partial charge in [-0.15, -0.1) is 0 Å². The molecule has 1 atom stereocenters. The highest BCUT2D eigenvalue weighted by Crippen LogP contribution is 2.30. The van der Waals surface area contributed by atoms with Crippen LogP contribution in [0.1, 0.15) is 44.7 Å². The van der Waals surface area contributed by atoms with Crippen LogP contribution in [0.4, 0.5) is 10.1 Å². The lowest BCUT2D eigenvalue weighted by atomic mass is 10.0. The molecule has 178 valence electrons. The Hall–Kier alpha value is -2.78. The summed E-state index contributed by atoms with van der Waals surface area (Å²) in [6, 6.07) is 9.47. The van der Waals surface area contributed by atoms with Gasteiger partial charge in [0.05, 0.1) is 4.90 Å². The van der Waals surface area contributed by atoms with Gasteiger partial charge in [-0.1, -0.05) is 32.9 Å². The Balaban J connectivity index is 1.74. The molecule has 7 nitrogen and oxygen atoms in total. The first kappa shape index (κ1) is 24.9. The number of rotatable bonds is 9. The van der Waals surface area contributed by atoms with Crippen molar-refractivity contribution in [1.29, 1.82) is 0 Å². The van der Waals surface area contributed by atoms with Crippen LogP contribution in [0.3, 0.4) is 0 Å². The summed E-state index contributed by atoms with van der Waals surface area (Å²) in [4.78, 5) is 26.6. The molecule has 1 aliphatic heterocycles. The zero-order chi connectivity index (χ0) is 24.2. The van der Waals surface area contributed by atoms with Gasteiger partial charge in [0.15, 0.2) is 0 Å². The van der Waals surface area contributed by atoms with Crippen molar-refractivity contribution in [2.24, 2.45) is 5.92 Å². The van der Waals surface area contributed by atoms with Crippen molar-refractivity contribution < 1.29 is 22.4 Å². The molecule has 1 aliphatic rings. The van der Waals surface area contributed by atoms with Crippen LogP contribution in [-0.2, 0) is 32.6 Å². The lowest BCUT2D eigenvalue weighted by Crippen LogP contribution is -2.47. The van der Waals surface area contributed by atoms with E-state index in [-0.39, 0.29) is 29.1 Å². The van der Waals surface area contributed by atoms with E-state index in [1.165, 1.54) is 18.2 Å². The van der Waals surface area contributed by atoms with Gasteiger partial charge in [-0.05, 0) is 60.2 Å². The molecule has 0 spiro atoms. The highest BCUT2D eigenvalue weighted by molar-refractivity contribution is 7.89. The number of fused-ring (bicyclic) bond motifs is 1. The normalized spacial score (nSPS) is 14.3. The predicted molar refractivity (Wildman–Crippen MR) is 125 cm³/mol. The molecule has 0 fully saturated rings. The van der Waals surface area contributed by atoms with E-state index in [0.29, 0.717) is 31.4 Å². The molecule has 0 saturated heterocycles. The Morgan fingerprint density at radius 3 is 2.45 bits per heavy atom. The Kier molecular flexibility index (Phi) is 7.86. The number of anilines is 1. The van der Waals surface area contributed by atoms with E-state index in [0.717, 1.165) is 11.3 Å². The van der Waals surface area contributed by atoms with Gasteiger partial charge < -0.3 is 10.2 Å². The Bertz CT molecular complexity index is 1120. The third kappa shape index (κ3) is 6.17. The van der Waals surface area contributed by atoms with Gasteiger partial charge in [0.25, 0.3) is 0 Å². The van der Waals surface area contributed by atoms with E-state index >= 15 is 0 Å². The minimum absolute atomic E-state index is 0.00250. The molecule has 2 amide bonds. The predicted octanol–water partition coefficient (Wildman–Crippen LogP) is 3.13. The summed E-state index contributed by atoms with van der Waals surface area (Å²) in [5.41, 5.74) is 2.23. The SMILES string of the molecule is CCC(=O)N1CCc2cc(S(=O)(=O)N[C@H](CC(C)C)C(=O)NCc3ccc(F)cc3)ccc21. The molecule has 2 aromatic carbocycles. The van der Waals surface area contributed by atoms with Crippen LogP contribution in [0.15, 0.2) is 47.4 Å². The van der Waals surface area contributed by atoms with Crippen LogP contribution in [0.2, 0.25) is 0 Å². The van der Waals surface area contributed by atoms with Gasteiger partial charge in [0, 0.05) is 25.2 Å². The van der Waals surface area contributed by atoms with E-state index in [1.54, 1.807) is 36.1 Å². The van der Waals surface area contributed by atoms with E-state index in [2.05, 4.69) is 10.0 Å². The van der Waals surface area contributed by atoms with Crippen molar-refractivity contribution in [3.05, 3.63) is 59.4 Å². The van der Waals surface area contributed by atoms with Gasteiger partial charge in [-0.2, -0.15) is 4.72 Å². The molecule has 2 aromatic rings. The molecule has 0 unspecified atom stereocenters. The molecule has 1 heterocycles. The van der Waals surface area contributed by atoms with E-state index in [4.69, 9.17) is 0 Å². The maximum absolute atomic E-state index is 13.1. The number of nitrogens with one attached hydrogen (secondary N) is 2. The second-order valence-electron chi connectivity index (χ2n) is 8.59. The molecular weight excluding hydrogens is 445 g/mol. The largest absolute Gasteiger partial charge is 0.351 e. The molecule has 33 heavy (non-hydrogen) atoms. The zero-order valence-corrected chi connectivity index (χ0v) is 19.9. The highest BCUT2D eigenvalue weighted by Gasteiger charge is 2.29. The van der Waals surface area contributed by atoms with E-state index in [9.17, 15) is 22.4 Å². The van der Waals surface area contributed by atoms with Crippen LogP contribution in [0.5, 0.6) is 0 Å². The summed E-state index contributed by atoms with van der Waals surface area (Å²) < 4.78 is 41.8. The van der Waals surface area contributed by atoms with E-state index in [1.807, 2.05) is 13.8 Å². The summed E-state index contributed by atoms with van der Waals surface area (Å²) in [6.45, 7) is 6.29. The summed E-state index contributed by atoms with van der Waals surface area (Å²) in [5.74, 6) is -0.746. The van der Waals surface area contributed by atoms with Crippen molar-refractivity contribution in [3.8, 4) is 0 Å². The lowest BCUT2D eigenvalue weighted by Gasteiger charge is -2.21. The Labute approximate surface area is 194 Å². The fourth-order valence-corrected chi connectivity index (χ4v) is 5.10. The lowest BCUT2D eigenvalue weighted by molar-refractivity contribution is -0.123. The van der Waals surface area contributed by atoms with Gasteiger partial charge in [-0.25, -0.2) is 12.8 Å². The number of sulfonamides is 1. The molecule has 0 radical (unpaired) electrons. The van der Waals surface area contributed by atoms with Crippen molar-refractivity contribution in [1.82, 2.24) is 10.0 Å². The number of carbonyl (C=O) groups is 2. The molecule has 0 aromatic heterocycles. The molecule has 2 N–H and O–H groups in total. The second-order valence-corrected chi connectivity index (χ2v) is 10.3. The second kappa shape index (κ2) is 10.4. The molecule has 3 rings (SSSR count). The minimum atomic E-state index is -3.97. The maximum Gasteiger partial charge on any atom is 0.241 e. The molecule has 0 bridgehead atoms. The number of hydrogen-bond donors (Lipinski definition) is 2. The quantitative estimate of drug-likeness (QED) is 0.583. The van der Waals surface area contributed by atoms with Crippen LogP contribution in [-0.4, -0.2) is 32.8 Å². The number of carbonyl (C=O) groups excluding carboxylic acids is 2. The number of benzene rings is 2. The highest BCUT2D eigenvalue weighted by atomic mass is 32.2. The van der Waals surface area contributed by atoms with Crippen LogP contribution in [0.25, 0.3) is 0 Å². The van der Waals surface area contributed by atoms with Crippen LogP contribution in [0, 0.1) is 11.7 Å². The fraction of sp³-hybridized carbons (Fsp3) is 0.417. The Morgan fingerprint density at radius 1 is 1.12 bits per heavy atom. The molecule has 0 saturated carbocycles. The third-order valence-electron chi connectivity index (χ3n) is 5.56. The van der Waals surface area contributed by atoms with Gasteiger partial charge in [-0.3, -0.25) is 9.59 Å². The third-order valence-corrected chi connectivity index (χ3v) is 7.03. The summed E-state index contributed by atoms with van der Waals surface area (Å²) >= 11 is 0. The topological polar surface area (TPSA) is 95.6 Å². The number of hydrogen-bond acceptors (Lipinski definition) is 4. The van der Waals surface area contributed by atoms with E-state index < -0.39 is 22.0 Å². The smallest absolute Gasteiger partial charge is 0.241 e. The molecule has 0 aliphatic carbocycles. The van der Waals surface area contributed by atoms with Gasteiger partial charge in [0.1, 0.15) is 11.9 Å². The minimum Gasteiger partial charge on any atom is -0.351 e. The average molecular weight is 476 g/mol. The number of nitrogens with zero attached hydrogens (tertiary/aromatic N) is 1. The van der Waals surface area contributed by atoms with Crippen molar-refractivity contribution >= 4 is 27.5 Å². The fourth-order valence-electron chi connectivity index (χ4n) is 3.85. The summed E-state index contributed by atoms with van der Waals surface area (Å²) in [5, 5.41) is 2.73. The standard InChI is InChI=1S/C24H30FN3O4S/c1-4-23(29)28-12-11-18-14-20(9-10-22(18)28)33(31,32)27-21(13-16(2)3)24(30)26-15-17-5-7-19(25)8-6-17/h5-10,14,16,21,27H,4,11-13,15H2,1-3H3,(H,26,30)/t21-/m1/s1. The molecular formula is C24H30FN3O4S. The Morgan fingerprint density at radius 2 is 1.82 bits per heavy atom. The van der Waals surface area contributed by atoms with Crippen LogP contribution >= 0.6 is 0 Å². The number of halogens is 1. The van der Waals surface area contributed by atoms with Gasteiger partial charge in [0.2, 0.25) is 21.8 Å². The number of amides is 2. The zero-order valence-electron chi connectivity index (χ0n) is 19.1. The first-order valence-electron chi connectivity index (χ1n) is 11.1. The van der Waals surface area contributed by atoms with Crippen molar-refractivity contribution in [2.75, 3.05) is 11.4 Å². The summed E-state index contributed by atoms with van der Waals surface area (Å²) in [6.07, 6.45) is 1.28. The van der Waals surface area contributed by atoms with Crippen molar-refractivity contribution in [3.63, 3.8) is 0 Å². The van der Waals surface area contributed by atoms with Crippen LogP contribution < -0.4 is 14.9 Å².